The van der Waals surface area contributed by atoms with Gasteiger partial charge < -0.3 is 15.0 Å². The van der Waals surface area contributed by atoms with Gasteiger partial charge >= 0.3 is 0 Å². The molecule has 0 unspecified atom stereocenters. The zero-order valence-electron chi connectivity index (χ0n) is 13.9. The highest BCUT2D eigenvalue weighted by molar-refractivity contribution is 5.94. The zero-order valence-corrected chi connectivity index (χ0v) is 13.9. The Morgan fingerprint density at radius 2 is 2.32 bits per heavy atom. The minimum Gasteiger partial charge on any atom is -0.385 e. The summed E-state index contributed by atoms with van der Waals surface area (Å²) in [5, 5.41) is 3.05. The van der Waals surface area contributed by atoms with Gasteiger partial charge in [-0.15, -0.1) is 0 Å². The number of methoxy groups -OCH3 is 1. The molecule has 1 atom stereocenters. The largest absolute Gasteiger partial charge is 0.385 e. The van der Waals surface area contributed by atoms with Crippen molar-refractivity contribution < 1.29 is 9.53 Å². The number of hydrogen-bond acceptors (Lipinski definition) is 4. The number of aryl methyl sites for hydroxylation is 2. The average molecular weight is 305 g/mol. The van der Waals surface area contributed by atoms with E-state index in [-0.39, 0.29) is 5.91 Å². The number of amides is 1. The monoisotopic (exact) mass is 305 g/mol. The minimum absolute atomic E-state index is 0.0200. The minimum atomic E-state index is -0.0200. The summed E-state index contributed by atoms with van der Waals surface area (Å²) in [4.78, 5) is 18.9. The van der Waals surface area contributed by atoms with Crippen LogP contribution in [-0.2, 0) is 4.74 Å². The van der Waals surface area contributed by atoms with Crippen molar-refractivity contribution >= 4 is 5.91 Å². The maximum atomic E-state index is 12.2. The fraction of sp³-hybridized carbons (Fsp3) is 0.647. The molecule has 1 aromatic heterocycles. The average Bonchev–Trinajstić information content (AvgIpc) is 2.96. The summed E-state index contributed by atoms with van der Waals surface area (Å²) in [6.45, 7) is 8.76. The number of ether oxygens (including phenoxy) is 1. The number of nitrogens with zero attached hydrogens (tertiary/aromatic N) is 2. The van der Waals surface area contributed by atoms with Crippen LogP contribution in [0.1, 0.15) is 34.5 Å². The summed E-state index contributed by atoms with van der Waals surface area (Å²) in [5.41, 5.74) is 2.68. The number of rotatable bonds is 7. The van der Waals surface area contributed by atoms with E-state index in [4.69, 9.17) is 4.74 Å². The maximum absolute atomic E-state index is 12.2. The lowest BCUT2D eigenvalue weighted by atomic mass is 10.1. The van der Waals surface area contributed by atoms with Crippen LogP contribution in [0, 0.1) is 19.8 Å². The van der Waals surface area contributed by atoms with Crippen LogP contribution >= 0.6 is 0 Å². The molecule has 0 radical (unpaired) electrons. The Kier molecular flexibility index (Phi) is 6.34. The summed E-state index contributed by atoms with van der Waals surface area (Å²) < 4.78 is 5.08. The molecule has 2 heterocycles. The van der Waals surface area contributed by atoms with Gasteiger partial charge in [0.15, 0.2) is 0 Å². The highest BCUT2D eigenvalue weighted by Crippen LogP contribution is 2.15. The van der Waals surface area contributed by atoms with Crippen LogP contribution in [-0.4, -0.2) is 55.7 Å². The summed E-state index contributed by atoms with van der Waals surface area (Å²) in [7, 11) is 1.74. The fourth-order valence-electron chi connectivity index (χ4n) is 2.82. The van der Waals surface area contributed by atoms with E-state index in [0.29, 0.717) is 11.5 Å². The zero-order chi connectivity index (χ0) is 15.9. The predicted molar refractivity (Wildman–Crippen MR) is 87.1 cm³/mol. The first-order chi connectivity index (χ1) is 10.6. The molecule has 1 aliphatic rings. The van der Waals surface area contributed by atoms with Gasteiger partial charge in [-0.25, -0.2) is 0 Å². The summed E-state index contributed by atoms with van der Waals surface area (Å²) in [5.74, 6) is 0.527. The molecule has 2 rings (SSSR count). The SMILES string of the molecule is COCCCN1CC[C@@H](CNC(=O)c2cnc(C)c(C)c2)C1. The van der Waals surface area contributed by atoms with Gasteiger partial charge in [0.1, 0.15) is 0 Å². The van der Waals surface area contributed by atoms with Crippen molar-refractivity contribution in [2.75, 3.05) is 39.9 Å². The van der Waals surface area contributed by atoms with Gasteiger partial charge in [-0.1, -0.05) is 0 Å². The summed E-state index contributed by atoms with van der Waals surface area (Å²) in [6.07, 6.45) is 3.88. The van der Waals surface area contributed by atoms with Crippen LogP contribution in [0.25, 0.3) is 0 Å². The van der Waals surface area contributed by atoms with Gasteiger partial charge in [-0.3, -0.25) is 9.78 Å². The number of carbonyl (C=O) groups is 1. The molecule has 0 bridgehead atoms. The lowest BCUT2D eigenvalue weighted by Crippen LogP contribution is -2.31. The molecule has 122 valence electrons. The van der Waals surface area contributed by atoms with Crippen LogP contribution in [0.15, 0.2) is 12.3 Å². The van der Waals surface area contributed by atoms with Gasteiger partial charge in [0.2, 0.25) is 0 Å². The Morgan fingerprint density at radius 1 is 1.50 bits per heavy atom. The molecule has 22 heavy (non-hydrogen) atoms. The van der Waals surface area contributed by atoms with Crippen molar-refractivity contribution in [1.29, 1.82) is 0 Å². The number of hydrogen-bond donors (Lipinski definition) is 1. The topological polar surface area (TPSA) is 54.5 Å². The first-order valence-electron chi connectivity index (χ1n) is 8.03. The smallest absolute Gasteiger partial charge is 0.252 e. The summed E-state index contributed by atoms with van der Waals surface area (Å²) >= 11 is 0. The lowest BCUT2D eigenvalue weighted by molar-refractivity contribution is 0.0947. The van der Waals surface area contributed by atoms with Crippen molar-refractivity contribution in [3.05, 3.63) is 29.1 Å². The van der Waals surface area contributed by atoms with Crippen molar-refractivity contribution in [3.63, 3.8) is 0 Å². The fourth-order valence-corrected chi connectivity index (χ4v) is 2.82. The molecular weight excluding hydrogens is 278 g/mol. The van der Waals surface area contributed by atoms with Crippen LogP contribution in [0.3, 0.4) is 0 Å². The molecular formula is C17H27N3O2. The van der Waals surface area contributed by atoms with Crippen molar-refractivity contribution in [2.24, 2.45) is 5.92 Å². The van der Waals surface area contributed by atoms with E-state index in [2.05, 4.69) is 15.2 Å². The third-order valence-corrected chi connectivity index (χ3v) is 4.35. The van der Waals surface area contributed by atoms with Crippen molar-refractivity contribution in [2.45, 2.75) is 26.7 Å². The van der Waals surface area contributed by atoms with E-state index in [0.717, 1.165) is 56.9 Å². The highest BCUT2D eigenvalue weighted by Gasteiger charge is 2.22. The molecule has 5 heteroatoms. The standard InChI is InChI=1S/C17H27N3O2/c1-13-9-16(11-18-14(13)2)17(21)19-10-15-5-7-20(12-15)6-4-8-22-3/h9,11,15H,4-8,10,12H2,1-3H3,(H,19,21)/t15-/m0/s1. The number of aromatic nitrogens is 1. The predicted octanol–water partition coefficient (Wildman–Crippen LogP) is 1.79. The molecule has 1 amide bonds. The normalized spacial score (nSPS) is 18.6. The molecule has 1 N–H and O–H groups in total. The number of carbonyl (C=O) groups excluding carboxylic acids is 1. The van der Waals surface area contributed by atoms with E-state index >= 15 is 0 Å². The molecule has 5 nitrogen and oxygen atoms in total. The van der Waals surface area contributed by atoms with Crippen LogP contribution in [0.5, 0.6) is 0 Å². The van der Waals surface area contributed by atoms with Crippen LogP contribution in [0.4, 0.5) is 0 Å². The van der Waals surface area contributed by atoms with E-state index in [9.17, 15) is 4.79 Å². The quantitative estimate of drug-likeness (QED) is 0.780. The molecule has 1 saturated heterocycles. The number of likely N-dealkylation sites (tertiary alicyclic amines) is 1. The molecule has 0 aromatic carbocycles. The Labute approximate surface area is 133 Å². The number of pyridine rings is 1. The molecule has 0 spiro atoms. The Morgan fingerprint density at radius 3 is 3.05 bits per heavy atom. The third kappa shape index (κ3) is 4.78. The highest BCUT2D eigenvalue weighted by atomic mass is 16.5. The van der Waals surface area contributed by atoms with Gasteiger partial charge in [-0.05, 0) is 50.8 Å². The van der Waals surface area contributed by atoms with Gasteiger partial charge in [0, 0.05) is 45.2 Å². The van der Waals surface area contributed by atoms with Crippen LogP contribution < -0.4 is 5.32 Å². The number of nitrogens with one attached hydrogen (secondary N) is 1. The molecule has 0 aliphatic carbocycles. The van der Waals surface area contributed by atoms with Gasteiger partial charge in [-0.2, -0.15) is 0 Å². The first-order valence-corrected chi connectivity index (χ1v) is 8.03. The van der Waals surface area contributed by atoms with E-state index in [1.165, 1.54) is 0 Å². The molecule has 1 aliphatic heterocycles. The third-order valence-electron chi connectivity index (χ3n) is 4.35. The maximum Gasteiger partial charge on any atom is 0.252 e. The second kappa shape index (κ2) is 8.25. The second-order valence-corrected chi connectivity index (χ2v) is 6.14. The Hall–Kier alpha value is -1.46. The lowest BCUT2D eigenvalue weighted by Gasteiger charge is -2.16. The van der Waals surface area contributed by atoms with Gasteiger partial charge in [0.05, 0.1) is 5.56 Å². The Balaban J connectivity index is 1.74. The van der Waals surface area contributed by atoms with Crippen molar-refractivity contribution in [3.8, 4) is 0 Å². The van der Waals surface area contributed by atoms with Crippen LogP contribution in [0.2, 0.25) is 0 Å². The van der Waals surface area contributed by atoms with E-state index in [1.807, 2.05) is 19.9 Å². The molecule has 1 fully saturated rings. The van der Waals surface area contributed by atoms with E-state index < -0.39 is 0 Å². The van der Waals surface area contributed by atoms with Gasteiger partial charge in [0.25, 0.3) is 5.91 Å². The molecule has 0 saturated carbocycles. The first kappa shape index (κ1) is 16.9. The van der Waals surface area contributed by atoms with E-state index in [1.54, 1.807) is 13.3 Å². The Bertz CT molecular complexity index is 505. The summed E-state index contributed by atoms with van der Waals surface area (Å²) in [6, 6.07) is 1.91. The molecule has 1 aromatic rings. The van der Waals surface area contributed by atoms with Crippen molar-refractivity contribution in [1.82, 2.24) is 15.2 Å². The second-order valence-electron chi connectivity index (χ2n) is 6.14.